The van der Waals surface area contributed by atoms with E-state index < -0.39 is 0 Å². The highest BCUT2D eigenvalue weighted by atomic mass is 16.2. The highest BCUT2D eigenvalue weighted by molar-refractivity contribution is 5.78. The predicted octanol–water partition coefficient (Wildman–Crippen LogP) is 2.18. The second-order valence-electron chi connectivity index (χ2n) is 4.65. The van der Waals surface area contributed by atoms with Gasteiger partial charge < -0.3 is 4.90 Å². The zero-order valence-corrected chi connectivity index (χ0v) is 9.70. The molecule has 0 radical (unpaired) electrons. The average molecular weight is 208 g/mol. The standard InChI is InChI=1S/C12H20N2O/c1-10(2)11-4-3-8-14(9-6-11)12(15)5-7-13/h10-11H,3-6,8-9H2,1-2H3. The Morgan fingerprint density at radius 1 is 1.47 bits per heavy atom. The number of hydrogen-bond acceptors (Lipinski definition) is 2. The molecule has 1 fully saturated rings. The van der Waals surface area contributed by atoms with Crippen LogP contribution in [0.2, 0.25) is 0 Å². The highest BCUT2D eigenvalue weighted by Crippen LogP contribution is 2.24. The lowest BCUT2D eigenvalue weighted by Gasteiger charge is -2.20. The second kappa shape index (κ2) is 5.75. The van der Waals surface area contributed by atoms with Gasteiger partial charge in [-0.1, -0.05) is 13.8 Å². The minimum atomic E-state index is 0.00176. The Morgan fingerprint density at radius 3 is 2.80 bits per heavy atom. The lowest BCUT2D eigenvalue weighted by Crippen LogP contribution is -2.31. The molecule has 15 heavy (non-hydrogen) atoms. The van der Waals surface area contributed by atoms with Gasteiger partial charge in [-0.05, 0) is 31.1 Å². The van der Waals surface area contributed by atoms with Crippen molar-refractivity contribution in [3.05, 3.63) is 0 Å². The Morgan fingerprint density at radius 2 is 2.20 bits per heavy atom. The van der Waals surface area contributed by atoms with Crippen molar-refractivity contribution >= 4 is 5.91 Å². The Labute approximate surface area is 92.1 Å². The van der Waals surface area contributed by atoms with E-state index in [9.17, 15) is 4.79 Å². The third kappa shape index (κ3) is 3.54. The van der Waals surface area contributed by atoms with Gasteiger partial charge in [0.15, 0.2) is 0 Å². The number of carbonyl (C=O) groups is 1. The first kappa shape index (κ1) is 12.0. The molecule has 1 aliphatic rings. The highest BCUT2D eigenvalue weighted by Gasteiger charge is 2.21. The van der Waals surface area contributed by atoms with Crippen molar-refractivity contribution in [2.24, 2.45) is 11.8 Å². The Kier molecular flexibility index (Phi) is 4.61. The molecular weight excluding hydrogens is 188 g/mol. The van der Waals surface area contributed by atoms with Crippen LogP contribution in [0.3, 0.4) is 0 Å². The molecule has 1 heterocycles. The van der Waals surface area contributed by atoms with Gasteiger partial charge in [-0.25, -0.2) is 0 Å². The topological polar surface area (TPSA) is 44.1 Å². The van der Waals surface area contributed by atoms with Gasteiger partial charge in [-0.3, -0.25) is 4.79 Å². The van der Waals surface area contributed by atoms with Crippen LogP contribution >= 0.6 is 0 Å². The fourth-order valence-corrected chi connectivity index (χ4v) is 2.22. The molecule has 0 bridgehead atoms. The van der Waals surface area contributed by atoms with E-state index >= 15 is 0 Å². The van der Waals surface area contributed by atoms with E-state index in [1.54, 1.807) is 0 Å². The smallest absolute Gasteiger partial charge is 0.236 e. The SMILES string of the molecule is CC(C)C1CCCN(C(=O)CC#N)CC1. The van der Waals surface area contributed by atoms with Crippen molar-refractivity contribution < 1.29 is 4.79 Å². The number of rotatable bonds is 2. The van der Waals surface area contributed by atoms with Gasteiger partial charge in [0.25, 0.3) is 0 Å². The van der Waals surface area contributed by atoms with E-state index in [1.165, 1.54) is 6.42 Å². The zero-order valence-electron chi connectivity index (χ0n) is 9.70. The van der Waals surface area contributed by atoms with Crippen molar-refractivity contribution in [2.45, 2.75) is 39.5 Å². The number of nitriles is 1. The van der Waals surface area contributed by atoms with Gasteiger partial charge in [0.1, 0.15) is 6.42 Å². The molecule has 0 aromatic heterocycles. The molecule has 0 saturated carbocycles. The van der Waals surface area contributed by atoms with Crippen molar-refractivity contribution in [1.29, 1.82) is 5.26 Å². The van der Waals surface area contributed by atoms with Gasteiger partial charge in [-0.2, -0.15) is 5.26 Å². The third-order valence-electron chi connectivity index (χ3n) is 3.30. The predicted molar refractivity (Wildman–Crippen MR) is 59.0 cm³/mol. The molecular formula is C12H20N2O. The number of carbonyl (C=O) groups excluding carboxylic acids is 1. The molecule has 3 heteroatoms. The average Bonchev–Trinajstić information content (AvgIpc) is 2.43. The lowest BCUT2D eigenvalue weighted by molar-refractivity contribution is -0.130. The monoisotopic (exact) mass is 208 g/mol. The number of likely N-dealkylation sites (tertiary alicyclic amines) is 1. The summed E-state index contributed by atoms with van der Waals surface area (Å²) < 4.78 is 0. The van der Waals surface area contributed by atoms with Crippen molar-refractivity contribution in [1.82, 2.24) is 4.90 Å². The molecule has 1 amide bonds. The molecule has 1 saturated heterocycles. The second-order valence-corrected chi connectivity index (χ2v) is 4.65. The summed E-state index contributed by atoms with van der Waals surface area (Å²) in [6.07, 6.45) is 3.43. The third-order valence-corrected chi connectivity index (χ3v) is 3.30. The maximum Gasteiger partial charge on any atom is 0.236 e. The summed E-state index contributed by atoms with van der Waals surface area (Å²) >= 11 is 0. The molecule has 0 spiro atoms. The van der Waals surface area contributed by atoms with Gasteiger partial charge >= 0.3 is 0 Å². The molecule has 0 N–H and O–H groups in total. The van der Waals surface area contributed by atoms with Crippen LogP contribution in [0.4, 0.5) is 0 Å². The summed E-state index contributed by atoms with van der Waals surface area (Å²) in [5.74, 6) is 1.45. The molecule has 0 aliphatic carbocycles. The van der Waals surface area contributed by atoms with E-state index in [2.05, 4.69) is 13.8 Å². The zero-order chi connectivity index (χ0) is 11.3. The lowest BCUT2D eigenvalue weighted by atomic mass is 9.89. The molecule has 84 valence electrons. The number of amides is 1. The largest absolute Gasteiger partial charge is 0.342 e. The van der Waals surface area contributed by atoms with E-state index in [1.807, 2.05) is 11.0 Å². The Bertz CT molecular complexity index is 255. The van der Waals surface area contributed by atoms with Gasteiger partial charge in [0.2, 0.25) is 5.91 Å². The fraction of sp³-hybridized carbons (Fsp3) is 0.833. The maximum absolute atomic E-state index is 11.5. The van der Waals surface area contributed by atoms with Crippen LogP contribution < -0.4 is 0 Å². The quantitative estimate of drug-likeness (QED) is 0.698. The van der Waals surface area contributed by atoms with E-state index in [0.29, 0.717) is 5.92 Å². The van der Waals surface area contributed by atoms with E-state index in [4.69, 9.17) is 5.26 Å². The van der Waals surface area contributed by atoms with Gasteiger partial charge in [-0.15, -0.1) is 0 Å². The van der Waals surface area contributed by atoms with Crippen LogP contribution in [0.5, 0.6) is 0 Å². The fourth-order valence-electron chi connectivity index (χ4n) is 2.22. The van der Waals surface area contributed by atoms with Gasteiger partial charge in [0.05, 0.1) is 6.07 Å². The Balaban J connectivity index is 2.46. The first-order valence-electron chi connectivity index (χ1n) is 5.80. The number of hydrogen-bond donors (Lipinski definition) is 0. The van der Waals surface area contributed by atoms with E-state index in [-0.39, 0.29) is 12.3 Å². The normalized spacial score (nSPS) is 22.3. The summed E-state index contributed by atoms with van der Waals surface area (Å²) in [5, 5.41) is 8.48. The minimum Gasteiger partial charge on any atom is -0.342 e. The molecule has 3 nitrogen and oxygen atoms in total. The van der Waals surface area contributed by atoms with Gasteiger partial charge in [0, 0.05) is 13.1 Å². The van der Waals surface area contributed by atoms with Crippen LogP contribution in [-0.4, -0.2) is 23.9 Å². The van der Waals surface area contributed by atoms with Crippen molar-refractivity contribution in [3.8, 4) is 6.07 Å². The van der Waals surface area contributed by atoms with Crippen LogP contribution in [0.25, 0.3) is 0 Å². The minimum absolute atomic E-state index is 0.00176. The maximum atomic E-state index is 11.5. The van der Waals surface area contributed by atoms with E-state index in [0.717, 1.165) is 31.8 Å². The number of nitrogens with zero attached hydrogens (tertiary/aromatic N) is 2. The van der Waals surface area contributed by atoms with Crippen LogP contribution in [0.1, 0.15) is 39.5 Å². The summed E-state index contributed by atoms with van der Waals surface area (Å²) in [7, 11) is 0. The van der Waals surface area contributed by atoms with Crippen molar-refractivity contribution in [3.63, 3.8) is 0 Å². The van der Waals surface area contributed by atoms with Crippen LogP contribution in [-0.2, 0) is 4.79 Å². The molecule has 1 rings (SSSR count). The van der Waals surface area contributed by atoms with Crippen LogP contribution in [0.15, 0.2) is 0 Å². The molecule has 0 aromatic carbocycles. The summed E-state index contributed by atoms with van der Waals surface area (Å²) in [5.41, 5.74) is 0. The first-order valence-corrected chi connectivity index (χ1v) is 5.80. The summed E-state index contributed by atoms with van der Waals surface area (Å²) in [6, 6.07) is 1.93. The molecule has 1 atom stereocenters. The molecule has 1 unspecified atom stereocenters. The molecule has 0 aromatic rings. The molecule has 1 aliphatic heterocycles. The Hall–Kier alpha value is -1.04. The van der Waals surface area contributed by atoms with Crippen molar-refractivity contribution in [2.75, 3.05) is 13.1 Å². The van der Waals surface area contributed by atoms with Crippen LogP contribution in [0, 0.1) is 23.2 Å². The summed E-state index contributed by atoms with van der Waals surface area (Å²) in [4.78, 5) is 13.4. The first-order chi connectivity index (χ1) is 7.15. The summed E-state index contributed by atoms with van der Waals surface area (Å²) in [6.45, 7) is 6.17.